The minimum Gasteiger partial charge on any atom is -0.360 e. The summed E-state index contributed by atoms with van der Waals surface area (Å²) in [7, 11) is 2.10. The molecule has 5 heteroatoms. The highest BCUT2D eigenvalue weighted by molar-refractivity contribution is 5.79. The van der Waals surface area contributed by atoms with E-state index in [0.717, 1.165) is 50.2 Å². The second-order valence-corrected chi connectivity index (χ2v) is 9.59. The summed E-state index contributed by atoms with van der Waals surface area (Å²) in [5, 5.41) is 7.60. The van der Waals surface area contributed by atoms with Crippen LogP contribution in [0, 0.1) is 17.3 Å². The first kappa shape index (κ1) is 20.1. The summed E-state index contributed by atoms with van der Waals surface area (Å²) >= 11 is 0. The van der Waals surface area contributed by atoms with Crippen LogP contribution in [0.15, 0.2) is 40.9 Å². The van der Waals surface area contributed by atoms with Gasteiger partial charge in [0.25, 0.3) is 0 Å². The number of hydrogen-bond acceptors (Lipinski definition) is 4. The molecule has 0 radical (unpaired) electrons. The van der Waals surface area contributed by atoms with E-state index in [1.807, 2.05) is 6.07 Å². The van der Waals surface area contributed by atoms with Crippen molar-refractivity contribution in [2.45, 2.75) is 65.1 Å². The molecule has 29 heavy (non-hydrogen) atoms. The molecule has 4 rings (SSSR count). The predicted molar refractivity (Wildman–Crippen MR) is 113 cm³/mol. The average Bonchev–Trinajstić information content (AvgIpc) is 3.07. The molecule has 1 amide bonds. The van der Waals surface area contributed by atoms with Crippen LogP contribution < -0.4 is 5.32 Å². The van der Waals surface area contributed by atoms with E-state index < -0.39 is 0 Å². The fourth-order valence-corrected chi connectivity index (χ4v) is 4.56. The van der Waals surface area contributed by atoms with E-state index in [1.54, 1.807) is 0 Å². The van der Waals surface area contributed by atoms with Gasteiger partial charge in [0.1, 0.15) is 0 Å². The van der Waals surface area contributed by atoms with Crippen LogP contribution >= 0.6 is 0 Å². The minimum atomic E-state index is 0.0998. The van der Waals surface area contributed by atoms with Gasteiger partial charge in [-0.05, 0) is 49.6 Å². The third kappa shape index (κ3) is 4.55. The summed E-state index contributed by atoms with van der Waals surface area (Å²) in [5.74, 6) is 1.95. The Morgan fingerprint density at radius 3 is 2.66 bits per heavy atom. The molecule has 1 heterocycles. The zero-order valence-corrected chi connectivity index (χ0v) is 17.9. The third-order valence-electron chi connectivity index (χ3n) is 7.05. The lowest BCUT2D eigenvalue weighted by Crippen LogP contribution is -2.59. The van der Waals surface area contributed by atoms with Gasteiger partial charge < -0.3 is 9.84 Å². The Balaban J connectivity index is 1.26. The molecule has 0 saturated heterocycles. The van der Waals surface area contributed by atoms with Crippen LogP contribution in [0.1, 0.15) is 56.5 Å². The van der Waals surface area contributed by atoms with E-state index >= 15 is 0 Å². The van der Waals surface area contributed by atoms with Gasteiger partial charge >= 0.3 is 0 Å². The Bertz CT molecular complexity index is 826. The number of benzene rings is 1. The van der Waals surface area contributed by atoms with Crippen LogP contribution in [0.4, 0.5) is 0 Å². The SMILES string of the molecule is CN(Cc1ccccc1)Cc1cc(C[C@@H]2C[C@H](NC(=O)C3CCC3)C2(C)C)no1. The monoisotopic (exact) mass is 395 g/mol. The van der Waals surface area contributed by atoms with Crippen molar-refractivity contribution in [1.29, 1.82) is 0 Å². The van der Waals surface area contributed by atoms with Crippen LogP contribution in [0.2, 0.25) is 0 Å². The van der Waals surface area contributed by atoms with Gasteiger partial charge in [0.2, 0.25) is 5.91 Å². The van der Waals surface area contributed by atoms with E-state index in [0.29, 0.717) is 5.92 Å². The molecular weight excluding hydrogens is 362 g/mol. The second-order valence-electron chi connectivity index (χ2n) is 9.59. The molecule has 2 aliphatic rings. The van der Waals surface area contributed by atoms with Crippen LogP contribution in [-0.2, 0) is 24.3 Å². The van der Waals surface area contributed by atoms with Gasteiger partial charge in [0.15, 0.2) is 5.76 Å². The van der Waals surface area contributed by atoms with E-state index in [9.17, 15) is 4.79 Å². The molecule has 2 atom stereocenters. The summed E-state index contributed by atoms with van der Waals surface area (Å²) in [6.45, 7) is 6.16. The smallest absolute Gasteiger partial charge is 0.223 e. The first-order chi connectivity index (χ1) is 13.9. The fraction of sp³-hybridized carbons (Fsp3) is 0.583. The van der Waals surface area contributed by atoms with Gasteiger partial charge in [0, 0.05) is 24.6 Å². The van der Waals surface area contributed by atoms with E-state index in [1.165, 1.54) is 12.0 Å². The molecule has 5 nitrogen and oxygen atoms in total. The highest BCUT2D eigenvalue weighted by Crippen LogP contribution is 2.48. The minimum absolute atomic E-state index is 0.0998. The lowest BCUT2D eigenvalue weighted by atomic mass is 9.57. The molecular formula is C24H33N3O2. The van der Waals surface area contributed by atoms with Crippen molar-refractivity contribution in [1.82, 2.24) is 15.4 Å². The molecule has 0 aliphatic heterocycles. The van der Waals surface area contributed by atoms with Gasteiger partial charge in [-0.1, -0.05) is 55.8 Å². The number of nitrogens with one attached hydrogen (secondary N) is 1. The molecule has 2 aromatic rings. The maximum atomic E-state index is 12.3. The Kier molecular flexibility index (Phi) is 5.77. The predicted octanol–water partition coefficient (Wildman–Crippen LogP) is 4.18. The van der Waals surface area contributed by atoms with Crippen molar-refractivity contribution in [3.05, 3.63) is 53.4 Å². The normalized spacial score (nSPS) is 23.4. The van der Waals surface area contributed by atoms with E-state index in [4.69, 9.17) is 4.52 Å². The number of rotatable bonds is 8. The largest absolute Gasteiger partial charge is 0.360 e. The average molecular weight is 396 g/mol. The number of hydrogen-bond donors (Lipinski definition) is 1. The van der Waals surface area contributed by atoms with Gasteiger partial charge in [0.05, 0.1) is 12.2 Å². The Labute approximate surface area is 173 Å². The van der Waals surface area contributed by atoms with Crippen LogP contribution in [0.5, 0.6) is 0 Å². The standard InChI is InChI=1S/C24H33N3O2/c1-24(2)19(13-22(24)25-23(28)18-10-7-11-18)12-20-14-21(29-26-20)16-27(3)15-17-8-5-4-6-9-17/h4-6,8-9,14,18-19,22H,7,10-13,15-16H2,1-3H3,(H,25,28)/t19-,22+/m1/s1. The molecule has 1 aromatic carbocycles. The maximum absolute atomic E-state index is 12.3. The number of carbonyl (C=O) groups is 1. The Morgan fingerprint density at radius 2 is 2.00 bits per heavy atom. The van der Waals surface area contributed by atoms with Gasteiger partial charge in [-0.2, -0.15) is 0 Å². The molecule has 1 N–H and O–H groups in total. The van der Waals surface area contributed by atoms with Crippen LogP contribution in [-0.4, -0.2) is 29.1 Å². The number of carbonyl (C=O) groups excluding carboxylic acids is 1. The summed E-state index contributed by atoms with van der Waals surface area (Å²) in [5.41, 5.74) is 2.42. The topological polar surface area (TPSA) is 58.4 Å². The third-order valence-corrected chi connectivity index (χ3v) is 7.05. The molecule has 1 aromatic heterocycles. The molecule has 2 saturated carbocycles. The molecule has 156 valence electrons. The number of nitrogens with zero attached hydrogens (tertiary/aromatic N) is 2. The highest BCUT2D eigenvalue weighted by atomic mass is 16.5. The lowest BCUT2D eigenvalue weighted by Gasteiger charge is -2.52. The lowest BCUT2D eigenvalue weighted by molar-refractivity contribution is -0.132. The molecule has 2 fully saturated rings. The van der Waals surface area contributed by atoms with Crippen LogP contribution in [0.25, 0.3) is 0 Å². The molecule has 2 aliphatic carbocycles. The highest BCUT2D eigenvalue weighted by Gasteiger charge is 2.49. The van der Waals surface area contributed by atoms with Crippen molar-refractivity contribution in [2.75, 3.05) is 7.05 Å². The van der Waals surface area contributed by atoms with Crippen LogP contribution in [0.3, 0.4) is 0 Å². The summed E-state index contributed by atoms with van der Waals surface area (Å²) < 4.78 is 5.59. The molecule has 0 spiro atoms. The molecule has 0 bridgehead atoms. The summed E-state index contributed by atoms with van der Waals surface area (Å²) in [6.07, 6.45) is 5.26. The molecule has 0 unspecified atom stereocenters. The van der Waals surface area contributed by atoms with Gasteiger partial charge in [-0.25, -0.2) is 0 Å². The Hall–Kier alpha value is -2.14. The van der Waals surface area contributed by atoms with E-state index in [-0.39, 0.29) is 23.3 Å². The van der Waals surface area contributed by atoms with E-state index in [2.05, 4.69) is 66.6 Å². The van der Waals surface area contributed by atoms with Gasteiger partial charge in [-0.3, -0.25) is 9.69 Å². The Morgan fingerprint density at radius 1 is 1.24 bits per heavy atom. The van der Waals surface area contributed by atoms with Crippen molar-refractivity contribution < 1.29 is 9.32 Å². The first-order valence-corrected chi connectivity index (χ1v) is 10.9. The second kappa shape index (κ2) is 8.31. The summed E-state index contributed by atoms with van der Waals surface area (Å²) in [6, 6.07) is 12.8. The number of aromatic nitrogens is 1. The zero-order chi connectivity index (χ0) is 20.4. The maximum Gasteiger partial charge on any atom is 0.223 e. The first-order valence-electron chi connectivity index (χ1n) is 10.9. The van der Waals surface area contributed by atoms with Crippen molar-refractivity contribution in [3.63, 3.8) is 0 Å². The number of amides is 1. The fourth-order valence-electron chi connectivity index (χ4n) is 4.56. The zero-order valence-electron chi connectivity index (χ0n) is 17.9. The van der Waals surface area contributed by atoms with Crippen molar-refractivity contribution in [3.8, 4) is 0 Å². The van der Waals surface area contributed by atoms with Crippen molar-refractivity contribution >= 4 is 5.91 Å². The van der Waals surface area contributed by atoms with Crippen molar-refractivity contribution in [2.24, 2.45) is 17.3 Å². The van der Waals surface area contributed by atoms with Gasteiger partial charge in [-0.15, -0.1) is 0 Å². The quantitative estimate of drug-likeness (QED) is 0.728. The summed E-state index contributed by atoms with van der Waals surface area (Å²) in [4.78, 5) is 14.5.